The highest BCUT2D eigenvalue weighted by Gasteiger charge is 2.24. The third-order valence-corrected chi connectivity index (χ3v) is 2.88. The van der Waals surface area contributed by atoms with Crippen LogP contribution in [-0.2, 0) is 0 Å². The lowest BCUT2D eigenvalue weighted by atomic mass is 9.92. The first-order valence-electron chi connectivity index (χ1n) is 5.59. The Labute approximate surface area is 96.4 Å². The zero-order valence-electron chi connectivity index (χ0n) is 10.1. The van der Waals surface area contributed by atoms with Crippen LogP contribution in [-0.4, -0.2) is 17.1 Å². The second-order valence-corrected chi connectivity index (χ2v) is 3.67. The molecule has 0 bridgehead atoms. The lowest BCUT2D eigenvalue weighted by Crippen LogP contribution is -2.34. The van der Waals surface area contributed by atoms with Crippen molar-refractivity contribution in [2.24, 2.45) is 11.8 Å². The molecular formula is C11H20N4O. The fourth-order valence-electron chi connectivity index (χ4n) is 1.90. The Hall–Kier alpha value is -1.20. The Morgan fingerprint density at radius 3 is 2.44 bits per heavy atom. The van der Waals surface area contributed by atoms with Gasteiger partial charge < -0.3 is 4.74 Å². The molecule has 1 unspecified atom stereocenters. The summed E-state index contributed by atoms with van der Waals surface area (Å²) in [6, 6.07) is -0.0151. The Kier molecular flexibility index (Phi) is 5.14. The van der Waals surface area contributed by atoms with Crippen LogP contribution in [0, 0.1) is 5.92 Å². The number of hydrogen-bond acceptors (Lipinski definition) is 5. The standard InChI is InChI=1S/C11H20N4O/c1-4-8(5-2)9(15-12)10-11(16-3)14-7-6-13-10/h6-9,15H,4-5,12H2,1-3H3. The molecule has 5 nitrogen and oxygen atoms in total. The van der Waals surface area contributed by atoms with Crippen molar-refractivity contribution < 1.29 is 4.74 Å². The summed E-state index contributed by atoms with van der Waals surface area (Å²) in [5, 5.41) is 0. The molecule has 0 aliphatic carbocycles. The topological polar surface area (TPSA) is 73.1 Å². The van der Waals surface area contributed by atoms with Gasteiger partial charge in [0.2, 0.25) is 5.88 Å². The normalized spacial score (nSPS) is 12.8. The van der Waals surface area contributed by atoms with Gasteiger partial charge in [-0.1, -0.05) is 26.7 Å². The molecule has 3 N–H and O–H groups in total. The number of nitrogens with zero attached hydrogens (tertiary/aromatic N) is 2. The Bertz CT molecular complexity index is 315. The van der Waals surface area contributed by atoms with E-state index in [1.807, 2.05) is 0 Å². The molecule has 0 aliphatic rings. The number of methoxy groups -OCH3 is 1. The second-order valence-electron chi connectivity index (χ2n) is 3.67. The van der Waals surface area contributed by atoms with Crippen molar-refractivity contribution in [2.75, 3.05) is 7.11 Å². The Morgan fingerprint density at radius 2 is 1.94 bits per heavy atom. The van der Waals surface area contributed by atoms with E-state index >= 15 is 0 Å². The minimum atomic E-state index is -0.0151. The van der Waals surface area contributed by atoms with Gasteiger partial charge in [0.05, 0.1) is 13.2 Å². The summed E-state index contributed by atoms with van der Waals surface area (Å²) in [7, 11) is 1.59. The summed E-state index contributed by atoms with van der Waals surface area (Å²) in [5.74, 6) is 6.57. The fourth-order valence-corrected chi connectivity index (χ4v) is 1.90. The smallest absolute Gasteiger partial charge is 0.237 e. The lowest BCUT2D eigenvalue weighted by molar-refractivity contribution is 0.316. The summed E-state index contributed by atoms with van der Waals surface area (Å²) >= 11 is 0. The highest BCUT2D eigenvalue weighted by molar-refractivity contribution is 5.21. The highest BCUT2D eigenvalue weighted by atomic mass is 16.5. The van der Waals surface area contributed by atoms with Crippen molar-refractivity contribution in [3.05, 3.63) is 18.1 Å². The first-order valence-corrected chi connectivity index (χ1v) is 5.59. The number of hydrogen-bond donors (Lipinski definition) is 2. The van der Waals surface area contributed by atoms with Gasteiger partial charge in [-0.3, -0.25) is 16.3 Å². The summed E-state index contributed by atoms with van der Waals surface area (Å²) in [6.45, 7) is 4.28. The van der Waals surface area contributed by atoms with E-state index in [9.17, 15) is 0 Å². The molecule has 1 heterocycles. The number of nitrogens with one attached hydrogen (secondary N) is 1. The number of aromatic nitrogens is 2. The second kappa shape index (κ2) is 6.40. The van der Waals surface area contributed by atoms with Crippen LogP contribution in [0.25, 0.3) is 0 Å². The minimum Gasteiger partial charge on any atom is -0.480 e. The molecule has 1 atom stereocenters. The van der Waals surface area contributed by atoms with Crippen molar-refractivity contribution in [1.82, 2.24) is 15.4 Å². The fraction of sp³-hybridized carbons (Fsp3) is 0.636. The average molecular weight is 224 g/mol. The summed E-state index contributed by atoms with van der Waals surface area (Å²) < 4.78 is 5.20. The van der Waals surface area contributed by atoms with E-state index in [0.717, 1.165) is 18.5 Å². The van der Waals surface area contributed by atoms with E-state index < -0.39 is 0 Å². The van der Waals surface area contributed by atoms with Crippen molar-refractivity contribution in [3.63, 3.8) is 0 Å². The Morgan fingerprint density at radius 1 is 1.31 bits per heavy atom. The molecule has 0 fully saturated rings. The largest absolute Gasteiger partial charge is 0.480 e. The van der Waals surface area contributed by atoms with Crippen LogP contribution in [0.2, 0.25) is 0 Å². The molecule has 16 heavy (non-hydrogen) atoms. The summed E-state index contributed by atoms with van der Waals surface area (Å²) in [4.78, 5) is 8.44. The predicted molar refractivity (Wildman–Crippen MR) is 62.7 cm³/mol. The molecule has 0 saturated carbocycles. The van der Waals surface area contributed by atoms with Crippen LogP contribution in [0.5, 0.6) is 5.88 Å². The zero-order valence-corrected chi connectivity index (χ0v) is 10.1. The molecule has 90 valence electrons. The highest BCUT2D eigenvalue weighted by Crippen LogP contribution is 2.29. The molecule has 0 amide bonds. The average Bonchev–Trinajstić information content (AvgIpc) is 2.35. The van der Waals surface area contributed by atoms with Gasteiger partial charge in [-0.05, 0) is 5.92 Å². The molecule has 1 aromatic heterocycles. The van der Waals surface area contributed by atoms with Gasteiger partial charge in [0.15, 0.2) is 0 Å². The summed E-state index contributed by atoms with van der Waals surface area (Å²) in [5.41, 5.74) is 3.59. The van der Waals surface area contributed by atoms with E-state index in [1.54, 1.807) is 19.5 Å². The van der Waals surface area contributed by atoms with Gasteiger partial charge in [-0.2, -0.15) is 0 Å². The third-order valence-electron chi connectivity index (χ3n) is 2.88. The third kappa shape index (κ3) is 2.68. The molecule has 1 rings (SSSR count). The van der Waals surface area contributed by atoms with Gasteiger partial charge in [0.25, 0.3) is 0 Å². The predicted octanol–water partition coefficient (Wildman–Crippen LogP) is 1.43. The van der Waals surface area contributed by atoms with Gasteiger partial charge in [0, 0.05) is 12.4 Å². The SMILES string of the molecule is CCC(CC)C(NN)c1nccnc1OC. The van der Waals surface area contributed by atoms with Crippen LogP contribution >= 0.6 is 0 Å². The monoisotopic (exact) mass is 224 g/mol. The lowest BCUT2D eigenvalue weighted by Gasteiger charge is -2.24. The maximum absolute atomic E-state index is 5.61. The molecule has 1 aromatic rings. The van der Waals surface area contributed by atoms with E-state index in [4.69, 9.17) is 10.6 Å². The number of rotatable bonds is 6. The Balaban J connectivity index is 3.02. The number of ether oxygens (including phenoxy) is 1. The van der Waals surface area contributed by atoms with E-state index in [2.05, 4.69) is 29.2 Å². The molecule has 0 saturated heterocycles. The van der Waals surface area contributed by atoms with Gasteiger partial charge >= 0.3 is 0 Å². The van der Waals surface area contributed by atoms with E-state index in [1.165, 1.54) is 0 Å². The molecule has 0 radical (unpaired) electrons. The van der Waals surface area contributed by atoms with Crippen LogP contribution < -0.4 is 16.0 Å². The van der Waals surface area contributed by atoms with Crippen LogP contribution in [0.15, 0.2) is 12.4 Å². The zero-order chi connectivity index (χ0) is 12.0. The summed E-state index contributed by atoms with van der Waals surface area (Å²) in [6.07, 6.45) is 5.34. The van der Waals surface area contributed by atoms with Gasteiger partial charge in [0.1, 0.15) is 5.69 Å². The van der Waals surface area contributed by atoms with Gasteiger partial charge in [-0.25, -0.2) is 4.98 Å². The molecular weight excluding hydrogens is 204 g/mol. The minimum absolute atomic E-state index is 0.0151. The van der Waals surface area contributed by atoms with Crippen molar-refractivity contribution in [1.29, 1.82) is 0 Å². The molecule has 0 aliphatic heterocycles. The molecule has 0 spiro atoms. The first-order chi connectivity index (χ1) is 7.78. The maximum Gasteiger partial charge on any atom is 0.237 e. The molecule has 5 heteroatoms. The first kappa shape index (κ1) is 12.9. The van der Waals surface area contributed by atoms with Crippen LogP contribution in [0.1, 0.15) is 38.4 Å². The van der Waals surface area contributed by atoms with Gasteiger partial charge in [-0.15, -0.1) is 0 Å². The maximum atomic E-state index is 5.61. The number of nitrogens with two attached hydrogens (primary N) is 1. The van der Waals surface area contributed by atoms with Crippen molar-refractivity contribution in [3.8, 4) is 5.88 Å². The quantitative estimate of drug-likeness (QED) is 0.565. The van der Waals surface area contributed by atoms with Crippen LogP contribution in [0.3, 0.4) is 0 Å². The van der Waals surface area contributed by atoms with Crippen molar-refractivity contribution in [2.45, 2.75) is 32.7 Å². The van der Waals surface area contributed by atoms with E-state index in [-0.39, 0.29) is 6.04 Å². The molecule has 0 aromatic carbocycles. The van der Waals surface area contributed by atoms with Crippen LogP contribution in [0.4, 0.5) is 0 Å². The number of hydrazine groups is 1. The van der Waals surface area contributed by atoms with E-state index in [0.29, 0.717) is 11.8 Å². The van der Waals surface area contributed by atoms with Crippen molar-refractivity contribution >= 4 is 0 Å².